The monoisotopic (exact) mass is 835 g/mol. The molecule has 1 aliphatic rings. The average molecular weight is 836 g/mol. The van der Waals surface area contributed by atoms with E-state index in [2.05, 4.69) is 253 Å². The summed E-state index contributed by atoms with van der Waals surface area (Å²) in [5.74, 6) is 0. The van der Waals surface area contributed by atoms with Crippen molar-refractivity contribution >= 4 is 64.9 Å². The van der Waals surface area contributed by atoms with Crippen molar-refractivity contribution in [1.82, 2.24) is 4.57 Å². The molecule has 1 heterocycles. The Balaban J connectivity index is 0.963. The lowest BCUT2D eigenvalue weighted by molar-refractivity contribution is 0.769. The van der Waals surface area contributed by atoms with Crippen LogP contribution >= 0.6 is 0 Å². The Morgan fingerprint density at radius 2 is 0.803 bits per heavy atom. The minimum atomic E-state index is -0.477. The van der Waals surface area contributed by atoms with Crippen molar-refractivity contribution < 1.29 is 0 Å². The first-order valence-electron chi connectivity index (χ1n) is 23.0. The summed E-state index contributed by atoms with van der Waals surface area (Å²) in [6.07, 6.45) is 0. The summed E-state index contributed by atoms with van der Waals surface area (Å²) in [6, 6.07) is 92.7. The normalized spacial score (nSPS) is 13.0. The van der Waals surface area contributed by atoms with Gasteiger partial charge in [0.05, 0.1) is 16.4 Å². The Morgan fingerprint density at radius 1 is 0.288 bits per heavy atom. The van der Waals surface area contributed by atoms with Gasteiger partial charge in [-0.3, -0.25) is 0 Å². The quantitative estimate of drug-likeness (QED) is 0.152. The van der Waals surface area contributed by atoms with Crippen molar-refractivity contribution in [3.05, 3.63) is 271 Å². The highest BCUT2D eigenvalue weighted by atomic mass is 15.0. The Hall–Kier alpha value is -8.52. The molecule has 1 aliphatic carbocycles. The molecule has 0 aliphatic heterocycles. The smallest absolute Gasteiger partial charge is 0.0713 e. The zero-order valence-corrected chi connectivity index (χ0v) is 36.1. The van der Waals surface area contributed by atoms with Gasteiger partial charge in [0.25, 0.3) is 0 Å². The van der Waals surface area contributed by atoms with Gasteiger partial charge in [-0.25, -0.2) is 0 Å². The fraction of sp³-hybridized carbons (Fsp3) is 0.0154. The number of benzene rings is 12. The van der Waals surface area contributed by atoms with E-state index in [0.717, 1.165) is 5.69 Å². The van der Waals surface area contributed by atoms with Gasteiger partial charge < -0.3 is 4.57 Å². The van der Waals surface area contributed by atoms with E-state index in [9.17, 15) is 0 Å². The summed E-state index contributed by atoms with van der Waals surface area (Å²) < 4.78 is 2.44. The van der Waals surface area contributed by atoms with Crippen LogP contribution in [0.5, 0.6) is 0 Å². The number of aromatic nitrogens is 1. The number of hydrogen-bond acceptors (Lipinski definition) is 0. The third kappa shape index (κ3) is 5.17. The Bertz CT molecular complexity index is 3990. The lowest BCUT2D eigenvalue weighted by Crippen LogP contribution is -2.28. The first-order chi connectivity index (χ1) is 32.8. The van der Waals surface area contributed by atoms with Gasteiger partial charge >= 0.3 is 0 Å². The molecule has 14 rings (SSSR count). The van der Waals surface area contributed by atoms with Gasteiger partial charge in [0.15, 0.2) is 0 Å². The van der Waals surface area contributed by atoms with E-state index < -0.39 is 5.41 Å². The molecule has 1 heteroatoms. The predicted octanol–water partition coefficient (Wildman–Crippen LogP) is 17.1. The molecule has 0 saturated carbocycles. The van der Waals surface area contributed by atoms with Gasteiger partial charge in [-0.2, -0.15) is 0 Å². The molecule has 13 aromatic rings. The summed E-state index contributed by atoms with van der Waals surface area (Å²) in [5.41, 5.74) is 15.8. The van der Waals surface area contributed by atoms with Crippen LogP contribution in [0.25, 0.3) is 104 Å². The molecule has 0 atom stereocenters. The number of para-hydroxylation sites is 1. The van der Waals surface area contributed by atoms with Crippen molar-refractivity contribution in [1.29, 1.82) is 0 Å². The molecule has 66 heavy (non-hydrogen) atoms. The van der Waals surface area contributed by atoms with Crippen LogP contribution in [0.2, 0.25) is 0 Å². The third-order valence-corrected chi connectivity index (χ3v) is 14.6. The van der Waals surface area contributed by atoms with E-state index in [-0.39, 0.29) is 0 Å². The molecular formula is C65H41N. The molecular weight excluding hydrogens is 795 g/mol. The van der Waals surface area contributed by atoms with Crippen LogP contribution in [0.1, 0.15) is 22.3 Å². The maximum Gasteiger partial charge on any atom is 0.0713 e. The third-order valence-electron chi connectivity index (χ3n) is 14.6. The molecule has 0 radical (unpaired) electrons. The second kappa shape index (κ2) is 14.2. The zero-order valence-electron chi connectivity index (χ0n) is 36.1. The standard InChI is InChI=1S/C65H41N/c1-3-19-47(20-4-1)65(48-21-5-2-6-22-48)58-29-15-13-23-50(58)51-37-33-46(41-59(51)65)63-54-26-11-9-24-52(54)62(53-25-10-12-27-55(53)63)42-31-35-49(36-32-42)66-60-30-16-14-28-56(60)64-57-40-44-18-8-7-17-43(44)39-45(57)34-38-61(64)66/h1-41H. The van der Waals surface area contributed by atoms with Gasteiger partial charge in [-0.15, -0.1) is 0 Å². The highest BCUT2D eigenvalue weighted by Crippen LogP contribution is 2.57. The molecule has 1 nitrogen and oxygen atoms in total. The average Bonchev–Trinajstić information content (AvgIpc) is 3.89. The first kappa shape index (κ1) is 36.9. The molecule has 0 bridgehead atoms. The molecule has 0 spiro atoms. The van der Waals surface area contributed by atoms with E-state index >= 15 is 0 Å². The summed E-state index contributed by atoms with van der Waals surface area (Å²) >= 11 is 0. The van der Waals surface area contributed by atoms with Crippen molar-refractivity contribution in [2.75, 3.05) is 0 Å². The van der Waals surface area contributed by atoms with Crippen LogP contribution in [-0.4, -0.2) is 4.57 Å². The fourth-order valence-corrected chi connectivity index (χ4v) is 11.9. The molecule has 0 amide bonds. The topological polar surface area (TPSA) is 4.93 Å². The van der Waals surface area contributed by atoms with Crippen LogP contribution < -0.4 is 0 Å². The molecule has 0 unspecified atom stereocenters. The highest BCUT2D eigenvalue weighted by molar-refractivity contribution is 6.24. The number of fused-ring (bicyclic) bond motifs is 11. The van der Waals surface area contributed by atoms with Gasteiger partial charge in [-0.1, -0.05) is 206 Å². The van der Waals surface area contributed by atoms with E-state index in [1.165, 1.54) is 121 Å². The summed E-state index contributed by atoms with van der Waals surface area (Å²) in [5, 5.41) is 12.6. The Morgan fingerprint density at radius 3 is 1.47 bits per heavy atom. The Kier molecular flexibility index (Phi) is 7.97. The SMILES string of the molecule is c1ccc(C2(c3ccccc3)c3ccccc3-c3ccc(-c4c5ccccc5c(-c5ccc(-n6c7ccccc7c7c8cc9ccccc9cc8ccc76)cc5)c5ccccc45)cc32)cc1. The minimum absolute atomic E-state index is 0.477. The highest BCUT2D eigenvalue weighted by Gasteiger charge is 2.46. The molecule has 1 aromatic heterocycles. The lowest BCUT2D eigenvalue weighted by Gasteiger charge is -2.34. The molecule has 0 N–H and O–H groups in total. The number of hydrogen-bond donors (Lipinski definition) is 0. The van der Waals surface area contributed by atoms with E-state index in [1.807, 2.05) is 0 Å². The van der Waals surface area contributed by atoms with Gasteiger partial charge in [0.1, 0.15) is 0 Å². The van der Waals surface area contributed by atoms with Crippen molar-refractivity contribution in [2.45, 2.75) is 5.41 Å². The van der Waals surface area contributed by atoms with Crippen LogP contribution in [0.4, 0.5) is 0 Å². The van der Waals surface area contributed by atoms with E-state index in [4.69, 9.17) is 0 Å². The minimum Gasteiger partial charge on any atom is -0.309 e. The summed E-state index contributed by atoms with van der Waals surface area (Å²) in [4.78, 5) is 0. The molecule has 306 valence electrons. The van der Waals surface area contributed by atoms with E-state index in [1.54, 1.807) is 0 Å². The number of nitrogens with zero attached hydrogens (tertiary/aromatic N) is 1. The van der Waals surface area contributed by atoms with Gasteiger partial charge in [-0.05, 0) is 141 Å². The lowest BCUT2D eigenvalue weighted by atomic mass is 9.67. The zero-order chi connectivity index (χ0) is 43.3. The Labute approximate surface area is 383 Å². The first-order valence-corrected chi connectivity index (χ1v) is 23.0. The van der Waals surface area contributed by atoms with Crippen molar-refractivity contribution in [3.8, 4) is 39.1 Å². The van der Waals surface area contributed by atoms with Crippen LogP contribution in [0.3, 0.4) is 0 Å². The molecule has 12 aromatic carbocycles. The molecule has 0 saturated heterocycles. The maximum absolute atomic E-state index is 2.51. The summed E-state index contributed by atoms with van der Waals surface area (Å²) in [6.45, 7) is 0. The van der Waals surface area contributed by atoms with Crippen LogP contribution in [-0.2, 0) is 5.41 Å². The van der Waals surface area contributed by atoms with Gasteiger partial charge in [0.2, 0.25) is 0 Å². The summed E-state index contributed by atoms with van der Waals surface area (Å²) in [7, 11) is 0. The van der Waals surface area contributed by atoms with Gasteiger partial charge in [0, 0.05) is 16.5 Å². The predicted molar refractivity (Wildman–Crippen MR) is 279 cm³/mol. The van der Waals surface area contributed by atoms with Crippen molar-refractivity contribution in [3.63, 3.8) is 0 Å². The van der Waals surface area contributed by atoms with E-state index in [0.29, 0.717) is 0 Å². The number of rotatable bonds is 5. The second-order valence-electron chi connectivity index (χ2n) is 17.9. The van der Waals surface area contributed by atoms with Crippen LogP contribution in [0, 0.1) is 0 Å². The van der Waals surface area contributed by atoms with Crippen molar-refractivity contribution in [2.24, 2.45) is 0 Å². The second-order valence-corrected chi connectivity index (χ2v) is 17.9. The largest absolute Gasteiger partial charge is 0.309 e. The fourth-order valence-electron chi connectivity index (χ4n) is 11.9. The maximum atomic E-state index is 2.51. The molecule has 0 fully saturated rings. The van der Waals surface area contributed by atoms with Crippen LogP contribution in [0.15, 0.2) is 249 Å².